The summed E-state index contributed by atoms with van der Waals surface area (Å²) in [4.78, 5) is 28.4. The zero-order valence-electron chi connectivity index (χ0n) is 16.7. The van der Waals surface area contributed by atoms with Crippen molar-refractivity contribution in [1.29, 1.82) is 0 Å². The summed E-state index contributed by atoms with van der Waals surface area (Å²) in [5.74, 6) is -0.303. The number of carbonyl (C=O) groups is 2. The fraction of sp³-hybridized carbons (Fsp3) is 0.130. The van der Waals surface area contributed by atoms with E-state index in [2.05, 4.69) is 15.6 Å². The number of benzene rings is 2. The molecule has 1 aromatic heterocycles. The first-order valence-electron chi connectivity index (χ1n) is 9.35. The lowest BCUT2D eigenvalue weighted by molar-refractivity contribution is -0.110. The van der Waals surface area contributed by atoms with Gasteiger partial charge in [0.15, 0.2) is 0 Å². The molecule has 3 N–H and O–H groups in total. The first-order chi connectivity index (χ1) is 14.4. The van der Waals surface area contributed by atoms with E-state index in [1.165, 1.54) is 18.2 Å². The van der Waals surface area contributed by atoms with E-state index >= 15 is 0 Å². The number of nitrogens with one attached hydrogen (secondary N) is 3. The van der Waals surface area contributed by atoms with Crippen LogP contribution in [0.5, 0.6) is 5.75 Å². The van der Waals surface area contributed by atoms with Gasteiger partial charge in [0.2, 0.25) is 0 Å². The van der Waals surface area contributed by atoms with Gasteiger partial charge in [-0.15, -0.1) is 0 Å². The Labute approximate surface area is 172 Å². The Kier molecular flexibility index (Phi) is 4.87. The van der Waals surface area contributed by atoms with Crippen LogP contribution in [0.2, 0.25) is 0 Å². The molecule has 3 aromatic rings. The highest BCUT2D eigenvalue weighted by Crippen LogP contribution is 2.34. The Balaban J connectivity index is 1.66. The number of methoxy groups -OCH3 is 1. The Hall–Kier alpha value is -3.87. The number of aryl methyl sites for hydroxylation is 1. The van der Waals surface area contributed by atoms with Crippen molar-refractivity contribution in [3.05, 3.63) is 76.4 Å². The quantitative estimate of drug-likeness (QED) is 0.558. The largest absolute Gasteiger partial charge is 0.497 e. The van der Waals surface area contributed by atoms with Crippen LogP contribution in [0.15, 0.2) is 42.5 Å². The fourth-order valence-corrected chi connectivity index (χ4v) is 3.57. The number of carbonyl (C=O) groups excluding carboxylic acids is 2. The number of rotatable bonds is 4. The van der Waals surface area contributed by atoms with Gasteiger partial charge in [-0.1, -0.05) is 0 Å². The number of H-pyrrole nitrogens is 1. The van der Waals surface area contributed by atoms with E-state index in [9.17, 15) is 14.0 Å². The molecule has 152 valence electrons. The summed E-state index contributed by atoms with van der Waals surface area (Å²) in [5, 5.41) is 5.59. The van der Waals surface area contributed by atoms with Gasteiger partial charge in [0, 0.05) is 28.3 Å². The molecule has 0 atom stereocenters. The topological polar surface area (TPSA) is 83.2 Å². The van der Waals surface area contributed by atoms with Crippen LogP contribution < -0.4 is 15.4 Å². The molecule has 1 aliphatic rings. The minimum absolute atomic E-state index is 0.265. The first-order valence-corrected chi connectivity index (χ1v) is 9.35. The zero-order valence-corrected chi connectivity index (χ0v) is 16.7. The average molecular weight is 405 g/mol. The van der Waals surface area contributed by atoms with E-state index in [1.807, 2.05) is 0 Å². The molecule has 7 heteroatoms. The highest BCUT2D eigenvalue weighted by Gasteiger charge is 2.26. The second-order valence-electron chi connectivity index (χ2n) is 7.05. The van der Waals surface area contributed by atoms with Crippen LogP contribution in [0.3, 0.4) is 0 Å². The van der Waals surface area contributed by atoms with Crippen molar-refractivity contribution in [2.75, 3.05) is 17.7 Å². The van der Waals surface area contributed by atoms with Crippen LogP contribution in [0, 0.1) is 19.7 Å². The Morgan fingerprint density at radius 3 is 2.57 bits per heavy atom. The number of hydrogen-bond acceptors (Lipinski definition) is 3. The van der Waals surface area contributed by atoms with Gasteiger partial charge in [-0.05, 0) is 68.0 Å². The normalized spacial score (nSPS) is 13.9. The van der Waals surface area contributed by atoms with Crippen molar-refractivity contribution in [3.8, 4) is 5.75 Å². The monoisotopic (exact) mass is 405 g/mol. The standard InChI is InChI=1S/C23H20FN3O3/c1-12-20(11-18-17-10-14(24)4-9-19(17)27-22(18)28)25-13(2)21(12)23(29)26-15-5-7-16(30-3)8-6-15/h4-11,25H,1-3H3,(H,26,29)(H,27,28). The van der Waals surface area contributed by atoms with Crippen molar-refractivity contribution in [3.63, 3.8) is 0 Å². The minimum Gasteiger partial charge on any atom is -0.497 e. The van der Waals surface area contributed by atoms with Crippen LogP contribution in [0.4, 0.5) is 15.8 Å². The Morgan fingerprint density at radius 2 is 1.87 bits per heavy atom. The molecule has 0 fully saturated rings. The lowest BCUT2D eigenvalue weighted by Gasteiger charge is -2.07. The van der Waals surface area contributed by atoms with Gasteiger partial charge in [0.25, 0.3) is 11.8 Å². The highest BCUT2D eigenvalue weighted by atomic mass is 19.1. The predicted octanol–water partition coefficient (Wildman–Crippen LogP) is 4.52. The van der Waals surface area contributed by atoms with Crippen LogP contribution in [0.25, 0.3) is 11.6 Å². The van der Waals surface area contributed by atoms with Gasteiger partial charge in [0.05, 0.1) is 18.2 Å². The number of hydrogen-bond donors (Lipinski definition) is 3. The average Bonchev–Trinajstić information content (AvgIpc) is 3.18. The molecule has 2 amide bonds. The number of ether oxygens (including phenoxy) is 1. The Morgan fingerprint density at radius 1 is 1.13 bits per heavy atom. The van der Waals surface area contributed by atoms with Gasteiger partial charge >= 0.3 is 0 Å². The number of aromatic amines is 1. The second kappa shape index (κ2) is 7.51. The maximum absolute atomic E-state index is 13.7. The summed E-state index contributed by atoms with van der Waals surface area (Å²) in [6.45, 7) is 3.60. The molecule has 1 aliphatic heterocycles. The minimum atomic E-state index is -0.421. The van der Waals surface area contributed by atoms with Crippen molar-refractivity contribution < 1.29 is 18.7 Å². The van der Waals surface area contributed by atoms with E-state index in [-0.39, 0.29) is 11.8 Å². The van der Waals surface area contributed by atoms with Crippen LogP contribution >= 0.6 is 0 Å². The molecule has 2 aromatic carbocycles. The molecular formula is C23H20FN3O3. The lowest BCUT2D eigenvalue weighted by Crippen LogP contribution is -2.13. The van der Waals surface area contributed by atoms with Crippen LogP contribution in [-0.2, 0) is 4.79 Å². The summed E-state index contributed by atoms with van der Waals surface area (Å²) >= 11 is 0. The van der Waals surface area contributed by atoms with Crippen molar-refractivity contribution >= 4 is 34.8 Å². The van der Waals surface area contributed by atoms with E-state index in [4.69, 9.17) is 4.74 Å². The van der Waals surface area contributed by atoms with Gasteiger partial charge in [-0.3, -0.25) is 9.59 Å². The van der Waals surface area contributed by atoms with E-state index in [0.29, 0.717) is 50.8 Å². The summed E-state index contributed by atoms with van der Waals surface area (Å²) < 4.78 is 18.8. The lowest BCUT2D eigenvalue weighted by atomic mass is 10.0. The molecule has 0 saturated carbocycles. The number of amides is 2. The van der Waals surface area contributed by atoms with Crippen molar-refractivity contribution in [1.82, 2.24) is 4.98 Å². The molecule has 0 aliphatic carbocycles. The molecule has 30 heavy (non-hydrogen) atoms. The third kappa shape index (κ3) is 3.45. The fourth-order valence-electron chi connectivity index (χ4n) is 3.57. The number of fused-ring (bicyclic) bond motifs is 1. The maximum Gasteiger partial charge on any atom is 0.257 e. The second-order valence-corrected chi connectivity index (χ2v) is 7.05. The summed E-state index contributed by atoms with van der Waals surface area (Å²) in [6.07, 6.45) is 1.65. The van der Waals surface area contributed by atoms with Crippen LogP contribution in [-0.4, -0.2) is 23.9 Å². The van der Waals surface area contributed by atoms with Gasteiger partial charge < -0.3 is 20.4 Å². The molecule has 2 heterocycles. The first kappa shape index (κ1) is 19.4. The number of anilines is 2. The number of aromatic nitrogens is 1. The Bertz CT molecular complexity index is 1190. The van der Waals surface area contributed by atoms with Crippen molar-refractivity contribution in [2.24, 2.45) is 0 Å². The molecule has 6 nitrogen and oxygen atoms in total. The smallest absolute Gasteiger partial charge is 0.257 e. The molecule has 0 bridgehead atoms. The molecule has 0 radical (unpaired) electrons. The van der Waals surface area contributed by atoms with E-state index in [1.54, 1.807) is 51.3 Å². The molecule has 0 spiro atoms. The molecular weight excluding hydrogens is 385 g/mol. The summed E-state index contributed by atoms with van der Waals surface area (Å²) in [7, 11) is 1.58. The van der Waals surface area contributed by atoms with Gasteiger partial charge in [-0.25, -0.2) is 4.39 Å². The van der Waals surface area contributed by atoms with Gasteiger partial charge in [0.1, 0.15) is 11.6 Å². The van der Waals surface area contributed by atoms with Gasteiger partial charge in [-0.2, -0.15) is 0 Å². The SMILES string of the molecule is COc1ccc(NC(=O)c2c(C)[nH]c(C=C3C(=O)Nc4ccc(F)cc43)c2C)cc1. The predicted molar refractivity (Wildman–Crippen MR) is 114 cm³/mol. The maximum atomic E-state index is 13.7. The van der Waals surface area contributed by atoms with E-state index in [0.717, 1.165) is 0 Å². The molecule has 0 saturated heterocycles. The summed E-state index contributed by atoms with van der Waals surface area (Å²) in [6, 6.07) is 11.2. The van der Waals surface area contributed by atoms with Crippen molar-refractivity contribution in [2.45, 2.75) is 13.8 Å². The molecule has 0 unspecified atom stereocenters. The highest BCUT2D eigenvalue weighted by molar-refractivity contribution is 6.35. The molecule has 4 rings (SSSR count). The zero-order chi connectivity index (χ0) is 21.4. The third-order valence-corrected chi connectivity index (χ3v) is 5.10. The summed E-state index contributed by atoms with van der Waals surface area (Å²) in [5.41, 5.74) is 4.52. The van der Waals surface area contributed by atoms with Crippen LogP contribution in [0.1, 0.15) is 32.9 Å². The van der Waals surface area contributed by atoms with E-state index < -0.39 is 5.82 Å². The third-order valence-electron chi connectivity index (χ3n) is 5.10. The number of halogens is 1.